The second kappa shape index (κ2) is 11.0. The van der Waals surface area contributed by atoms with Crippen LogP contribution in [0, 0.1) is 5.92 Å². The number of nitrogens with one attached hydrogen (secondary N) is 1. The Balaban J connectivity index is 1.92. The predicted molar refractivity (Wildman–Crippen MR) is 105 cm³/mol. The molecule has 0 saturated carbocycles. The molecular formula is C22H23F2NO5. The van der Waals surface area contributed by atoms with Crippen molar-refractivity contribution in [1.29, 1.82) is 0 Å². The number of carbonyl (C=O) groups is 3. The molecule has 0 aromatic heterocycles. The maximum absolute atomic E-state index is 12.6. The lowest BCUT2D eigenvalue weighted by molar-refractivity contribution is -0.151. The van der Waals surface area contributed by atoms with Gasteiger partial charge in [-0.15, -0.1) is 0 Å². The van der Waals surface area contributed by atoms with Crippen LogP contribution in [0.1, 0.15) is 42.1 Å². The van der Waals surface area contributed by atoms with Gasteiger partial charge in [0.1, 0.15) is 5.75 Å². The van der Waals surface area contributed by atoms with Crippen LogP contribution in [-0.4, -0.2) is 31.0 Å². The molecule has 0 unspecified atom stereocenters. The zero-order valence-corrected chi connectivity index (χ0v) is 16.6. The van der Waals surface area contributed by atoms with Gasteiger partial charge in [-0.05, 0) is 35.7 Å². The monoisotopic (exact) mass is 419 g/mol. The minimum atomic E-state index is -2.98. The maximum atomic E-state index is 12.6. The average Bonchev–Trinajstić information content (AvgIpc) is 2.73. The Hall–Kier alpha value is -3.29. The molecule has 30 heavy (non-hydrogen) atoms. The molecule has 2 rings (SSSR count). The summed E-state index contributed by atoms with van der Waals surface area (Å²) in [5, 5.41) is 2.09. The molecule has 160 valence electrons. The van der Waals surface area contributed by atoms with E-state index in [4.69, 9.17) is 4.74 Å². The molecule has 2 atom stereocenters. The molecular weight excluding hydrogens is 396 g/mol. The maximum Gasteiger partial charge on any atom is 0.387 e. The summed E-state index contributed by atoms with van der Waals surface area (Å²) in [5.41, 5.74) is 0.859. The molecule has 0 radical (unpaired) electrons. The van der Waals surface area contributed by atoms with Crippen molar-refractivity contribution in [1.82, 2.24) is 5.32 Å². The van der Waals surface area contributed by atoms with E-state index in [-0.39, 0.29) is 17.2 Å². The lowest BCUT2D eigenvalue weighted by Gasteiger charge is -2.21. The molecule has 2 aromatic rings. The lowest BCUT2D eigenvalue weighted by Crippen LogP contribution is -2.35. The molecule has 8 heteroatoms. The first kappa shape index (κ1) is 23.0. The van der Waals surface area contributed by atoms with Crippen LogP contribution in [0.15, 0.2) is 54.6 Å². The minimum absolute atomic E-state index is 0.00133. The van der Waals surface area contributed by atoms with Gasteiger partial charge < -0.3 is 9.47 Å². The van der Waals surface area contributed by atoms with Crippen molar-refractivity contribution in [3.63, 3.8) is 0 Å². The van der Waals surface area contributed by atoms with Gasteiger partial charge in [0.25, 0.3) is 11.8 Å². The Morgan fingerprint density at radius 1 is 1.00 bits per heavy atom. The van der Waals surface area contributed by atoms with Crippen molar-refractivity contribution < 1.29 is 32.6 Å². The van der Waals surface area contributed by atoms with E-state index >= 15 is 0 Å². The Morgan fingerprint density at radius 2 is 1.63 bits per heavy atom. The van der Waals surface area contributed by atoms with Gasteiger partial charge in [-0.25, -0.2) is 0 Å². The summed E-state index contributed by atoms with van der Waals surface area (Å²) in [4.78, 5) is 36.7. The van der Waals surface area contributed by atoms with Crippen LogP contribution in [0.25, 0.3) is 0 Å². The summed E-state index contributed by atoms with van der Waals surface area (Å²) in [6, 6.07) is 14.0. The summed E-state index contributed by atoms with van der Waals surface area (Å²) in [6.45, 7) is 0.286. The molecule has 0 aliphatic heterocycles. The van der Waals surface area contributed by atoms with E-state index in [9.17, 15) is 23.2 Å². The third kappa shape index (κ3) is 6.65. The van der Waals surface area contributed by atoms with Crippen molar-refractivity contribution in [2.45, 2.75) is 32.8 Å². The molecule has 0 bridgehead atoms. The molecule has 0 saturated heterocycles. The minimum Gasteiger partial charge on any atom is -0.455 e. The van der Waals surface area contributed by atoms with Crippen molar-refractivity contribution in [3.8, 4) is 5.75 Å². The van der Waals surface area contributed by atoms with Crippen molar-refractivity contribution in [2.75, 3.05) is 6.61 Å². The fraction of sp³-hybridized carbons (Fsp3) is 0.318. The SMILES string of the molecule is CC[C@@H](C)[C@@H](C(=O)OCC(=O)NC(=O)c1ccc(OC(F)F)cc1)c1ccccc1. The third-order valence-electron chi connectivity index (χ3n) is 4.57. The summed E-state index contributed by atoms with van der Waals surface area (Å²) in [6.07, 6.45) is 0.741. The Kier molecular flexibility index (Phi) is 8.46. The third-order valence-corrected chi connectivity index (χ3v) is 4.57. The molecule has 0 fully saturated rings. The largest absolute Gasteiger partial charge is 0.455 e. The summed E-state index contributed by atoms with van der Waals surface area (Å²) >= 11 is 0. The zero-order chi connectivity index (χ0) is 22.1. The van der Waals surface area contributed by atoms with Crippen LogP contribution >= 0.6 is 0 Å². The number of rotatable bonds is 9. The van der Waals surface area contributed by atoms with E-state index in [0.717, 1.165) is 12.0 Å². The predicted octanol–water partition coefficient (Wildman–Crippen LogP) is 3.92. The van der Waals surface area contributed by atoms with Crippen LogP contribution in [0.3, 0.4) is 0 Å². The van der Waals surface area contributed by atoms with E-state index < -0.39 is 36.9 Å². The average molecular weight is 419 g/mol. The van der Waals surface area contributed by atoms with E-state index in [0.29, 0.717) is 0 Å². The quantitative estimate of drug-likeness (QED) is 0.623. The van der Waals surface area contributed by atoms with E-state index in [1.54, 1.807) is 0 Å². The number of benzene rings is 2. The van der Waals surface area contributed by atoms with Crippen LogP contribution in [0.5, 0.6) is 5.75 Å². The fourth-order valence-corrected chi connectivity index (χ4v) is 2.84. The highest BCUT2D eigenvalue weighted by Crippen LogP contribution is 2.28. The number of imide groups is 1. The number of amides is 2. The first-order valence-corrected chi connectivity index (χ1v) is 9.42. The summed E-state index contributed by atoms with van der Waals surface area (Å²) in [7, 11) is 0. The van der Waals surface area contributed by atoms with Crippen molar-refractivity contribution >= 4 is 17.8 Å². The Bertz CT molecular complexity index is 856. The second-order valence-electron chi connectivity index (χ2n) is 6.66. The highest BCUT2D eigenvalue weighted by molar-refractivity contribution is 6.05. The summed E-state index contributed by atoms with van der Waals surface area (Å²) < 4.78 is 33.6. The van der Waals surface area contributed by atoms with Crippen LogP contribution in [0.4, 0.5) is 8.78 Å². The van der Waals surface area contributed by atoms with Gasteiger partial charge in [0.15, 0.2) is 6.61 Å². The van der Waals surface area contributed by atoms with Gasteiger partial charge in [-0.2, -0.15) is 8.78 Å². The number of carbonyl (C=O) groups excluding carboxylic acids is 3. The molecule has 0 spiro atoms. The highest BCUT2D eigenvalue weighted by atomic mass is 19.3. The van der Waals surface area contributed by atoms with Crippen LogP contribution < -0.4 is 10.1 Å². The standard InChI is InChI=1S/C22H23F2NO5/c1-3-14(2)19(15-7-5-4-6-8-15)21(28)29-13-18(26)25-20(27)16-9-11-17(12-10-16)30-22(23)24/h4-12,14,19,22H,3,13H2,1-2H3,(H,25,26,27)/t14-,19-/m1/s1. The fourth-order valence-electron chi connectivity index (χ4n) is 2.84. The molecule has 0 aliphatic rings. The van der Waals surface area contributed by atoms with Gasteiger partial charge >= 0.3 is 12.6 Å². The molecule has 6 nitrogen and oxygen atoms in total. The number of esters is 1. The first-order chi connectivity index (χ1) is 14.3. The highest BCUT2D eigenvalue weighted by Gasteiger charge is 2.28. The number of hydrogen-bond acceptors (Lipinski definition) is 5. The smallest absolute Gasteiger partial charge is 0.387 e. The van der Waals surface area contributed by atoms with Crippen LogP contribution in [-0.2, 0) is 14.3 Å². The Morgan fingerprint density at radius 3 is 2.20 bits per heavy atom. The molecule has 2 aromatic carbocycles. The van der Waals surface area contributed by atoms with E-state index in [1.165, 1.54) is 24.3 Å². The normalized spacial score (nSPS) is 12.7. The van der Waals surface area contributed by atoms with Crippen molar-refractivity contribution in [3.05, 3.63) is 65.7 Å². The van der Waals surface area contributed by atoms with Gasteiger partial charge in [-0.3, -0.25) is 19.7 Å². The molecule has 2 amide bonds. The van der Waals surface area contributed by atoms with Gasteiger partial charge in [-0.1, -0.05) is 50.6 Å². The van der Waals surface area contributed by atoms with Gasteiger partial charge in [0.05, 0.1) is 5.92 Å². The zero-order valence-electron chi connectivity index (χ0n) is 16.6. The topological polar surface area (TPSA) is 81.7 Å². The molecule has 0 heterocycles. The number of alkyl halides is 2. The first-order valence-electron chi connectivity index (χ1n) is 9.42. The number of ether oxygens (including phenoxy) is 2. The van der Waals surface area contributed by atoms with E-state index in [2.05, 4.69) is 10.1 Å². The second-order valence-corrected chi connectivity index (χ2v) is 6.66. The van der Waals surface area contributed by atoms with Crippen molar-refractivity contribution in [2.24, 2.45) is 5.92 Å². The summed E-state index contributed by atoms with van der Waals surface area (Å²) in [5.74, 6) is -2.73. The molecule has 0 aliphatic carbocycles. The number of halogens is 2. The number of hydrogen-bond donors (Lipinski definition) is 1. The van der Waals surface area contributed by atoms with Crippen LogP contribution in [0.2, 0.25) is 0 Å². The Labute approximate surface area is 173 Å². The van der Waals surface area contributed by atoms with E-state index in [1.807, 2.05) is 44.2 Å². The van der Waals surface area contributed by atoms with Gasteiger partial charge in [0.2, 0.25) is 0 Å². The lowest BCUT2D eigenvalue weighted by atomic mass is 9.86. The molecule has 1 N–H and O–H groups in total. The van der Waals surface area contributed by atoms with Gasteiger partial charge in [0, 0.05) is 5.56 Å².